The number of hydrogen-bond acceptors (Lipinski definition) is 4. The zero-order chi connectivity index (χ0) is 18.1. The zero-order valence-corrected chi connectivity index (χ0v) is 16.3. The summed E-state index contributed by atoms with van der Waals surface area (Å²) in [6.07, 6.45) is 1.84. The molecule has 0 saturated heterocycles. The molecule has 0 amide bonds. The number of guanidine groups is 1. The first-order chi connectivity index (χ1) is 11.3. The zero-order valence-electron chi connectivity index (χ0n) is 16.3. The standard InChI is InChI=1S/C18H34N6/c1-14(2)24(15(3)4)11-10-21-18(19-5)22-13-16-8-9-20-17(12-16)23(6)7/h8-9,12,14-15H,10-11,13H2,1-7H3,(H2,19,21,22). The molecule has 1 heterocycles. The van der Waals surface area contributed by atoms with Gasteiger partial charge in [-0.05, 0) is 45.4 Å². The van der Waals surface area contributed by atoms with E-state index in [1.54, 1.807) is 7.05 Å². The van der Waals surface area contributed by atoms with Crippen molar-refractivity contribution in [3.05, 3.63) is 23.9 Å². The van der Waals surface area contributed by atoms with Crippen molar-refractivity contribution in [2.75, 3.05) is 39.1 Å². The van der Waals surface area contributed by atoms with Gasteiger partial charge in [0.2, 0.25) is 0 Å². The summed E-state index contributed by atoms with van der Waals surface area (Å²) >= 11 is 0. The molecule has 0 aliphatic carbocycles. The van der Waals surface area contributed by atoms with Crippen LogP contribution in [0.4, 0.5) is 5.82 Å². The van der Waals surface area contributed by atoms with Gasteiger partial charge in [0.15, 0.2) is 5.96 Å². The second kappa shape index (κ2) is 10.1. The maximum absolute atomic E-state index is 4.33. The lowest BCUT2D eigenvalue weighted by Crippen LogP contribution is -2.45. The maximum atomic E-state index is 4.33. The monoisotopic (exact) mass is 334 g/mol. The summed E-state index contributed by atoms with van der Waals surface area (Å²) in [5, 5.41) is 6.75. The second-order valence-electron chi connectivity index (χ2n) is 6.69. The third-order valence-electron chi connectivity index (χ3n) is 3.94. The summed E-state index contributed by atoms with van der Waals surface area (Å²) in [7, 11) is 5.79. The van der Waals surface area contributed by atoms with E-state index in [2.05, 4.69) is 59.3 Å². The number of anilines is 1. The molecular formula is C18H34N6. The highest BCUT2D eigenvalue weighted by molar-refractivity contribution is 5.79. The Kier molecular flexibility index (Phi) is 8.54. The second-order valence-corrected chi connectivity index (χ2v) is 6.69. The Balaban J connectivity index is 2.47. The lowest BCUT2D eigenvalue weighted by atomic mass is 10.2. The van der Waals surface area contributed by atoms with E-state index in [4.69, 9.17) is 0 Å². The van der Waals surface area contributed by atoms with Crippen LogP contribution in [0.2, 0.25) is 0 Å². The number of nitrogens with one attached hydrogen (secondary N) is 2. The molecule has 24 heavy (non-hydrogen) atoms. The Morgan fingerprint density at radius 3 is 2.38 bits per heavy atom. The van der Waals surface area contributed by atoms with Crippen molar-refractivity contribution in [3.63, 3.8) is 0 Å². The fourth-order valence-corrected chi connectivity index (χ4v) is 2.64. The molecule has 2 N–H and O–H groups in total. The van der Waals surface area contributed by atoms with E-state index >= 15 is 0 Å². The first kappa shape index (κ1) is 20.2. The predicted octanol–water partition coefficient (Wildman–Crippen LogP) is 1.93. The molecular weight excluding hydrogens is 300 g/mol. The molecule has 6 nitrogen and oxygen atoms in total. The van der Waals surface area contributed by atoms with Gasteiger partial charge in [-0.1, -0.05) is 0 Å². The van der Waals surface area contributed by atoms with Crippen LogP contribution in [0.15, 0.2) is 23.3 Å². The summed E-state index contributed by atoms with van der Waals surface area (Å²) in [6, 6.07) is 5.19. The molecule has 1 aromatic heterocycles. The van der Waals surface area contributed by atoms with Gasteiger partial charge in [0, 0.05) is 59.1 Å². The van der Waals surface area contributed by atoms with Crippen LogP contribution >= 0.6 is 0 Å². The average molecular weight is 335 g/mol. The summed E-state index contributed by atoms with van der Waals surface area (Å²) in [5.41, 5.74) is 1.18. The number of pyridine rings is 1. The van der Waals surface area contributed by atoms with Gasteiger partial charge in [0.05, 0.1) is 0 Å². The van der Waals surface area contributed by atoms with Gasteiger partial charge in [-0.25, -0.2) is 4.98 Å². The maximum Gasteiger partial charge on any atom is 0.191 e. The van der Waals surface area contributed by atoms with Crippen LogP contribution in [-0.4, -0.2) is 62.2 Å². The summed E-state index contributed by atoms with van der Waals surface area (Å²) in [4.78, 5) is 13.1. The van der Waals surface area contributed by atoms with Gasteiger partial charge in [-0.15, -0.1) is 0 Å². The third kappa shape index (κ3) is 6.74. The van der Waals surface area contributed by atoms with Gasteiger partial charge < -0.3 is 15.5 Å². The largest absolute Gasteiger partial charge is 0.363 e. The lowest BCUT2D eigenvalue weighted by Gasteiger charge is -2.30. The van der Waals surface area contributed by atoms with Gasteiger partial charge in [0.1, 0.15) is 5.82 Å². The predicted molar refractivity (Wildman–Crippen MR) is 104 cm³/mol. The Morgan fingerprint density at radius 1 is 1.17 bits per heavy atom. The van der Waals surface area contributed by atoms with Gasteiger partial charge in [-0.2, -0.15) is 0 Å². The first-order valence-corrected chi connectivity index (χ1v) is 8.67. The van der Waals surface area contributed by atoms with Crippen LogP contribution in [0.1, 0.15) is 33.3 Å². The number of aliphatic imine (C=N–C) groups is 1. The van der Waals surface area contributed by atoms with Crippen LogP contribution in [-0.2, 0) is 6.54 Å². The molecule has 0 bridgehead atoms. The van der Waals surface area contributed by atoms with Crippen LogP contribution in [0.25, 0.3) is 0 Å². The summed E-state index contributed by atoms with van der Waals surface area (Å²) < 4.78 is 0. The highest BCUT2D eigenvalue weighted by Gasteiger charge is 2.12. The SMILES string of the molecule is CN=C(NCCN(C(C)C)C(C)C)NCc1ccnc(N(C)C)c1. The third-order valence-corrected chi connectivity index (χ3v) is 3.94. The molecule has 0 spiro atoms. The Bertz CT molecular complexity index is 502. The highest BCUT2D eigenvalue weighted by Crippen LogP contribution is 2.09. The average Bonchev–Trinajstić information content (AvgIpc) is 2.53. The van der Waals surface area contributed by atoms with Crippen molar-refractivity contribution in [1.82, 2.24) is 20.5 Å². The van der Waals surface area contributed by atoms with E-state index in [1.807, 2.05) is 31.3 Å². The van der Waals surface area contributed by atoms with E-state index in [9.17, 15) is 0 Å². The normalized spacial score (nSPS) is 12.2. The lowest BCUT2D eigenvalue weighted by molar-refractivity contribution is 0.178. The Morgan fingerprint density at radius 2 is 1.83 bits per heavy atom. The summed E-state index contributed by atoms with van der Waals surface area (Å²) in [6.45, 7) is 11.5. The minimum atomic E-state index is 0.544. The minimum Gasteiger partial charge on any atom is -0.363 e. The van der Waals surface area contributed by atoms with Gasteiger partial charge >= 0.3 is 0 Å². The van der Waals surface area contributed by atoms with Crippen molar-refractivity contribution >= 4 is 11.8 Å². The minimum absolute atomic E-state index is 0.544. The topological polar surface area (TPSA) is 55.8 Å². The van der Waals surface area contributed by atoms with E-state index in [0.717, 1.165) is 31.4 Å². The quantitative estimate of drug-likeness (QED) is 0.562. The van der Waals surface area contributed by atoms with Crippen molar-refractivity contribution < 1.29 is 0 Å². The first-order valence-electron chi connectivity index (χ1n) is 8.67. The molecule has 6 heteroatoms. The fraction of sp³-hybridized carbons (Fsp3) is 0.667. The van der Waals surface area contributed by atoms with Crippen LogP contribution in [0, 0.1) is 0 Å². The molecule has 136 valence electrons. The molecule has 0 unspecified atom stereocenters. The Labute approximate surface area is 147 Å². The van der Waals surface area contributed by atoms with Gasteiger partial charge in [0.25, 0.3) is 0 Å². The van der Waals surface area contributed by atoms with Crippen molar-refractivity contribution in [2.45, 2.75) is 46.3 Å². The molecule has 0 radical (unpaired) electrons. The Hall–Kier alpha value is -1.82. The molecule has 0 saturated carbocycles. The van der Waals surface area contributed by atoms with E-state index in [1.165, 1.54) is 5.56 Å². The molecule has 0 atom stereocenters. The number of nitrogens with zero attached hydrogens (tertiary/aromatic N) is 4. The number of rotatable bonds is 8. The number of hydrogen-bond donors (Lipinski definition) is 2. The van der Waals surface area contributed by atoms with Crippen LogP contribution < -0.4 is 15.5 Å². The molecule has 0 fully saturated rings. The van der Waals surface area contributed by atoms with Crippen LogP contribution in [0.3, 0.4) is 0 Å². The van der Waals surface area contributed by atoms with E-state index < -0.39 is 0 Å². The molecule has 0 aliphatic rings. The van der Waals surface area contributed by atoms with E-state index in [-0.39, 0.29) is 0 Å². The van der Waals surface area contributed by atoms with Crippen LogP contribution in [0.5, 0.6) is 0 Å². The molecule has 1 aromatic rings. The highest BCUT2D eigenvalue weighted by atomic mass is 15.2. The fourth-order valence-electron chi connectivity index (χ4n) is 2.64. The van der Waals surface area contributed by atoms with Crippen molar-refractivity contribution in [3.8, 4) is 0 Å². The van der Waals surface area contributed by atoms with Crippen molar-refractivity contribution in [1.29, 1.82) is 0 Å². The van der Waals surface area contributed by atoms with E-state index in [0.29, 0.717) is 12.1 Å². The number of aromatic nitrogens is 1. The molecule has 0 aliphatic heterocycles. The van der Waals surface area contributed by atoms with Gasteiger partial charge in [-0.3, -0.25) is 9.89 Å². The molecule has 1 rings (SSSR count). The smallest absolute Gasteiger partial charge is 0.191 e. The summed E-state index contributed by atoms with van der Waals surface area (Å²) in [5.74, 6) is 1.78. The molecule has 0 aromatic carbocycles. The van der Waals surface area contributed by atoms with Crippen molar-refractivity contribution in [2.24, 2.45) is 4.99 Å².